The van der Waals surface area contributed by atoms with Crippen molar-refractivity contribution in [2.75, 3.05) is 7.11 Å². The molecule has 0 bridgehead atoms. The summed E-state index contributed by atoms with van der Waals surface area (Å²) in [6, 6.07) is 12.8. The Labute approximate surface area is 168 Å². The molecule has 0 spiro atoms. The Bertz CT molecular complexity index is 1280. The first kappa shape index (κ1) is 18.6. The summed E-state index contributed by atoms with van der Waals surface area (Å²) in [6.07, 6.45) is 5.03. The number of nitrogens with zero attached hydrogens (tertiary/aromatic N) is 3. The molecule has 6 heteroatoms. The number of allylic oxidation sites excluding steroid dienone is 2. The van der Waals surface area contributed by atoms with Crippen LogP contribution in [0.2, 0.25) is 0 Å². The van der Waals surface area contributed by atoms with E-state index in [1.54, 1.807) is 18.2 Å². The lowest BCUT2D eigenvalue weighted by atomic mass is 10.1. The average molecular weight is 387 g/mol. The van der Waals surface area contributed by atoms with Gasteiger partial charge in [0, 0.05) is 6.54 Å². The number of methoxy groups -OCH3 is 1. The van der Waals surface area contributed by atoms with Gasteiger partial charge in [-0.2, -0.15) is 5.10 Å². The zero-order valence-corrected chi connectivity index (χ0v) is 16.3. The summed E-state index contributed by atoms with van der Waals surface area (Å²) in [4.78, 5) is 13.1. The van der Waals surface area contributed by atoms with E-state index in [1.165, 1.54) is 19.3 Å². The third-order valence-electron chi connectivity index (χ3n) is 4.88. The summed E-state index contributed by atoms with van der Waals surface area (Å²) in [6.45, 7) is 6.26. The summed E-state index contributed by atoms with van der Waals surface area (Å²) in [5, 5.41) is 14.3. The number of ether oxygens (including phenoxy) is 1. The molecule has 0 atom stereocenters. The van der Waals surface area contributed by atoms with E-state index in [4.69, 9.17) is 4.74 Å². The Morgan fingerprint density at radius 3 is 2.72 bits per heavy atom. The van der Waals surface area contributed by atoms with Gasteiger partial charge in [0.2, 0.25) is 0 Å². The van der Waals surface area contributed by atoms with Crippen molar-refractivity contribution in [1.29, 1.82) is 0 Å². The lowest BCUT2D eigenvalue weighted by Gasteiger charge is -2.04. The summed E-state index contributed by atoms with van der Waals surface area (Å²) in [5.74, 6) is 0.270. The van der Waals surface area contributed by atoms with Crippen LogP contribution in [0.25, 0.3) is 22.8 Å². The largest absolute Gasteiger partial charge is 0.504 e. The minimum absolute atomic E-state index is 0.0547. The Morgan fingerprint density at radius 2 is 2.00 bits per heavy atom. The van der Waals surface area contributed by atoms with Gasteiger partial charge in [0.15, 0.2) is 17.3 Å². The minimum Gasteiger partial charge on any atom is -0.504 e. The van der Waals surface area contributed by atoms with Crippen LogP contribution in [0.1, 0.15) is 21.6 Å². The van der Waals surface area contributed by atoms with Gasteiger partial charge in [0.25, 0.3) is 0 Å². The van der Waals surface area contributed by atoms with Crippen molar-refractivity contribution in [2.45, 2.75) is 13.5 Å². The Morgan fingerprint density at radius 1 is 1.24 bits per heavy atom. The number of aromatic nitrogens is 3. The van der Waals surface area contributed by atoms with Crippen LogP contribution in [0.3, 0.4) is 0 Å². The molecule has 2 heterocycles. The number of fused-ring (bicyclic) bond motifs is 3. The number of aryl methyl sites for hydroxylation is 1. The van der Waals surface area contributed by atoms with E-state index in [2.05, 4.69) is 11.7 Å². The van der Waals surface area contributed by atoms with Crippen LogP contribution in [0, 0.1) is 6.92 Å². The summed E-state index contributed by atoms with van der Waals surface area (Å²) in [7, 11) is 1.49. The predicted octanol–water partition coefficient (Wildman–Crippen LogP) is 4.39. The van der Waals surface area contributed by atoms with Crippen LogP contribution < -0.4 is 4.74 Å². The van der Waals surface area contributed by atoms with E-state index in [-0.39, 0.29) is 11.5 Å². The molecule has 0 radical (unpaired) electrons. The van der Waals surface area contributed by atoms with Gasteiger partial charge < -0.3 is 14.4 Å². The number of ketones is 1. The molecule has 0 aliphatic carbocycles. The molecule has 0 aliphatic rings. The van der Waals surface area contributed by atoms with Crippen LogP contribution in [-0.4, -0.2) is 32.2 Å². The zero-order chi connectivity index (χ0) is 20.5. The summed E-state index contributed by atoms with van der Waals surface area (Å²) < 4.78 is 8.99. The van der Waals surface area contributed by atoms with Crippen molar-refractivity contribution in [1.82, 2.24) is 14.2 Å². The highest BCUT2D eigenvalue weighted by atomic mass is 16.5. The maximum absolute atomic E-state index is 13.1. The van der Waals surface area contributed by atoms with Crippen molar-refractivity contribution in [2.24, 2.45) is 0 Å². The number of benzene rings is 2. The highest BCUT2D eigenvalue weighted by molar-refractivity contribution is 6.12. The maximum Gasteiger partial charge on any atom is 0.191 e. The standard InChI is InChI=1S/C23H21N3O3/c1-4-13-25-17-7-5-6-8-18(17)26-23(25)22(15(2)24-26)20(28)12-10-16-9-11-19(27)21(14-16)29-3/h4-12,14,27H,1,13H2,2-3H3. The Kier molecular flexibility index (Phi) is 4.68. The SMILES string of the molecule is C=CCn1c2ccccc2n2nc(C)c(C(=O)C=Cc3ccc(O)c(OC)c3)c12. The second-order valence-electron chi connectivity index (χ2n) is 6.71. The second kappa shape index (κ2) is 7.31. The average Bonchev–Trinajstić information content (AvgIpc) is 3.21. The maximum atomic E-state index is 13.1. The molecule has 6 nitrogen and oxygen atoms in total. The van der Waals surface area contributed by atoms with Gasteiger partial charge in [0.05, 0.1) is 29.4 Å². The van der Waals surface area contributed by atoms with Crippen molar-refractivity contribution >= 4 is 28.5 Å². The van der Waals surface area contributed by atoms with E-state index in [0.29, 0.717) is 23.6 Å². The number of aromatic hydroxyl groups is 1. The molecule has 2 aromatic heterocycles. The van der Waals surface area contributed by atoms with Crippen LogP contribution >= 0.6 is 0 Å². The third kappa shape index (κ3) is 3.08. The zero-order valence-electron chi connectivity index (χ0n) is 16.3. The van der Waals surface area contributed by atoms with Crippen molar-refractivity contribution < 1.29 is 14.6 Å². The number of phenols is 1. The number of para-hydroxylation sites is 2. The molecule has 0 unspecified atom stereocenters. The van der Waals surface area contributed by atoms with E-state index < -0.39 is 0 Å². The van der Waals surface area contributed by atoms with Crippen LogP contribution in [-0.2, 0) is 6.54 Å². The number of hydrogen-bond acceptors (Lipinski definition) is 4. The number of hydrogen-bond donors (Lipinski definition) is 1. The predicted molar refractivity (Wildman–Crippen MR) is 114 cm³/mol. The quantitative estimate of drug-likeness (QED) is 0.303. The summed E-state index contributed by atoms with van der Waals surface area (Å²) >= 11 is 0. The number of carbonyl (C=O) groups excluding carboxylic acids is 1. The van der Waals surface area contributed by atoms with Crippen molar-refractivity contribution in [3.05, 3.63) is 78.0 Å². The smallest absolute Gasteiger partial charge is 0.191 e. The molecule has 4 rings (SSSR count). The van der Waals surface area contributed by atoms with E-state index in [9.17, 15) is 9.90 Å². The third-order valence-corrected chi connectivity index (χ3v) is 4.88. The molecule has 1 N–H and O–H groups in total. The van der Waals surface area contributed by atoms with Gasteiger partial charge in [-0.3, -0.25) is 4.79 Å². The fourth-order valence-corrected chi connectivity index (χ4v) is 3.57. The number of imidazole rings is 1. The number of rotatable bonds is 6. The molecule has 4 aromatic rings. The monoisotopic (exact) mass is 387 g/mol. The Hall–Kier alpha value is -3.80. The van der Waals surface area contributed by atoms with Gasteiger partial charge in [0.1, 0.15) is 5.65 Å². The molecular weight excluding hydrogens is 366 g/mol. The highest BCUT2D eigenvalue weighted by Crippen LogP contribution is 2.28. The van der Waals surface area contributed by atoms with Gasteiger partial charge in [-0.05, 0) is 42.8 Å². The summed E-state index contributed by atoms with van der Waals surface area (Å²) in [5.41, 5.74) is 4.67. The van der Waals surface area contributed by atoms with Crippen LogP contribution in [0.5, 0.6) is 11.5 Å². The number of phenolic OH excluding ortho intramolecular Hbond substituents is 1. The first-order valence-corrected chi connectivity index (χ1v) is 9.22. The molecular formula is C23H21N3O3. The highest BCUT2D eigenvalue weighted by Gasteiger charge is 2.21. The molecule has 29 heavy (non-hydrogen) atoms. The van der Waals surface area contributed by atoms with Crippen molar-refractivity contribution in [3.63, 3.8) is 0 Å². The van der Waals surface area contributed by atoms with Gasteiger partial charge in [-0.15, -0.1) is 6.58 Å². The first-order chi connectivity index (χ1) is 14.0. The fourth-order valence-electron chi connectivity index (χ4n) is 3.57. The van der Waals surface area contributed by atoms with Crippen molar-refractivity contribution in [3.8, 4) is 11.5 Å². The topological polar surface area (TPSA) is 68.8 Å². The van der Waals surface area contributed by atoms with Crippen LogP contribution in [0.4, 0.5) is 0 Å². The fraction of sp³-hybridized carbons (Fsp3) is 0.130. The number of carbonyl (C=O) groups is 1. The molecule has 0 amide bonds. The Balaban J connectivity index is 1.82. The minimum atomic E-state index is -0.141. The van der Waals surface area contributed by atoms with Gasteiger partial charge in [-0.25, -0.2) is 4.52 Å². The first-order valence-electron chi connectivity index (χ1n) is 9.22. The molecule has 0 aliphatic heterocycles. The lowest BCUT2D eigenvalue weighted by Crippen LogP contribution is -2.02. The van der Waals surface area contributed by atoms with Gasteiger partial charge >= 0.3 is 0 Å². The van der Waals surface area contributed by atoms with E-state index in [1.807, 2.05) is 46.3 Å². The molecule has 2 aromatic carbocycles. The normalized spacial score (nSPS) is 11.5. The van der Waals surface area contributed by atoms with E-state index >= 15 is 0 Å². The molecule has 0 saturated carbocycles. The second-order valence-corrected chi connectivity index (χ2v) is 6.71. The molecule has 0 saturated heterocycles. The van der Waals surface area contributed by atoms with Crippen LogP contribution in [0.15, 0.2) is 61.2 Å². The van der Waals surface area contributed by atoms with E-state index in [0.717, 1.165) is 22.2 Å². The molecule has 146 valence electrons. The van der Waals surface area contributed by atoms with Gasteiger partial charge in [-0.1, -0.05) is 30.4 Å². The lowest BCUT2D eigenvalue weighted by molar-refractivity contribution is 0.104. The molecule has 0 fully saturated rings.